The summed E-state index contributed by atoms with van der Waals surface area (Å²) in [6.07, 6.45) is 0. The van der Waals surface area contributed by atoms with Crippen molar-refractivity contribution in [3.8, 4) is 0 Å². The van der Waals surface area contributed by atoms with Gasteiger partial charge >= 0.3 is 0 Å². The van der Waals surface area contributed by atoms with E-state index in [1.165, 1.54) is 12.1 Å². The van der Waals surface area contributed by atoms with Gasteiger partial charge in [-0.25, -0.2) is 13.4 Å². The van der Waals surface area contributed by atoms with E-state index in [-0.39, 0.29) is 16.6 Å². The van der Waals surface area contributed by atoms with Gasteiger partial charge in [-0.15, -0.1) is 0 Å². The van der Waals surface area contributed by atoms with Crippen LogP contribution in [0.1, 0.15) is 17.0 Å². The molecule has 1 atom stereocenters. The number of nitrogens with two attached hydrogens (primary N) is 2. The maximum absolute atomic E-state index is 13.9. The molecule has 1 unspecified atom stereocenters. The van der Waals surface area contributed by atoms with Gasteiger partial charge in [0.25, 0.3) is 0 Å². The van der Waals surface area contributed by atoms with Crippen LogP contribution in [0.25, 0.3) is 11.0 Å². The minimum atomic E-state index is -4.10. The first-order valence-electron chi connectivity index (χ1n) is 9.22. The number of hydrogen-bond donors (Lipinski definition) is 3. The zero-order valence-electron chi connectivity index (χ0n) is 16.3. The summed E-state index contributed by atoms with van der Waals surface area (Å²) in [5.41, 5.74) is 14.6. The summed E-state index contributed by atoms with van der Waals surface area (Å²) in [5, 5.41) is 7.60. The lowest BCUT2D eigenvalue weighted by Crippen LogP contribution is -2.47. The fourth-order valence-electron chi connectivity index (χ4n) is 3.57. The van der Waals surface area contributed by atoms with Crippen LogP contribution in [0.5, 0.6) is 0 Å². The van der Waals surface area contributed by atoms with Gasteiger partial charge in [0.2, 0.25) is 14.7 Å². The molecule has 0 spiro atoms. The number of amidine groups is 1. The third kappa shape index (κ3) is 2.89. The molecule has 4 rings (SSSR count). The highest BCUT2D eigenvalue weighted by molar-refractivity contribution is 7.92. The molecule has 1 aromatic heterocycles. The topological polar surface area (TPSA) is 128 Å². The minimum Gasteiger partial charge on any atom is -0.384 e. The van der Waals surface area contributed by atoms with Crippen LogP contribution < -0.4 is 11.5 Å². The molecule has 3 aromatic carbocycles. The van der Waals surface area contributed by atoms with Gasteiger partial charge in [0.1, 0.15) is 5.84 Å². The molecule has 0 saturated carbocycles. The van der Waals surface area contributed by atoms with Gasteiger partial charge in [-0.05, 0) is 29.8 Å². The lowest BCUT2D eigenvalue weighted by atomic mass is 10.0. The highest BCUT2D eigenvalue weighted by atomic mass is 32.2. The molecule has 0 bridgehead atoms. The maximum Gasteiger partial charge on any atom is 0.208 e. The molecule has 0 fully saturated rings. The van der Waals surface area contributed by atoms with Gasteiger partial charge in [-0.3, -0.25) is 5.41 Å². The van der Waals surface area contributed by atoms with Crippen molar-refractivity contribution >= 4 is 26.7 Å². The van der Waals surface area contributed by atoms with Crippen LogP contribution >= 0.6 is 0 Å². The van der Waals surface area contributed by atoms with Gasteiger partial charge in [-0.2, -0.15) is 0 Å². The number of nitrogens with one attached hydrogen (secondary N) is 1. The number of rotatable bonds is 5. The number of aromatic nitrogens is 2. The lowest BCUT2D eigenvalue weighted by Gasteiger charge is -2.29. The number of nitrogen functional groups attached to an aromatic ring is 1. The molecule has 5 N–H and O–H groups in total. The Balaban J connectivity index is 2.04. The smallest absolute Gasteiger partial charge is 0.208 e. The van der Waals surface area contributed by atoms with Crippen LogP contribution in [0, 0.1) is 5.41 Å². The van der Waals surface area contributed by atoms with Gasteiger partial charge < -0.3 is 16.0 Å². The summed E-state index contributed by atoms with van der Waals surface area (Å²) in [5.74, 6) is 0.0842. The summed E-state index contributed by atoms with van der Waals surface area (Å²) in [4.78, 5) is 2.73. The number of benzene rings is 3. The summed E-state index contributed by atoms with van der Waals surface area (Å²) in [6, 6.07) is 21.8. The van der Waals surface area contributed by atoms with Crippen molar-refractivity contribution in [2.24, 2.45) is 18.5 Å². The average molecular weight is 420 g/mol. The third-order valence-electron chi connectivity index (χ3n) is 5.22. The molecule has 7 nitrogen and oxygen atoms in total. The standard InChI is InChI=1S/C22H21N5O2S/c1-27-19-10-6-5-9-18(19)26-21(27)22(25,16-13-11-15(12-14-16)20(23)24)30(28,29)17-7-3-2-4-8-17/h2-14H,25H2,1H3,(H3,23,24). The number of imidazole rings is 1. The quantitative estimate of drug-likeness (QED) is 0.338. The first-order chi connectivity index (χ1) is 14.3. The van der Waals surface area contributed by atoms with E-state index in [0.29, 0.717) is 16.6 Å². The Labute approximate surface area is 174 Å². The lowest BCUT2D eigenvalue weighted by molar-refractivity contribution is 0.541. The Kier molecular flexibility index (Phi) is 4.68. The van der Waals surface area contributed by atoms with E-state index in [9.17, 15) is 8.42 Å². The van der Waals surface area contributed by atoms with Crippen molar-refractivity contribution in [3.05, 3.63) is 95.8 Å². The molecule has 0 aliphatic heterocycles. The Bertz CT molecular complexity index is 1350. The average Bonchev–Trinajstić information content (AvgIpc) is 3.11. The number of para-hydroxylation sites is 2. The van der Waals surface area contributed by atoms with E-state index in [1.807, 2.05) is 24.3 Å². The molecular weight excluding hydrogens is 398 g/mol. The molecule has 152 valence electrons. The van der Waals surface area contributed by atoms with Crippen LogP contribution in [-0.4, -0.2) is 23.8 Å². The zero-order valence-corrected chi connectivity index (χ0v) is 17.1. The molecule has 0 saturated heterocycles. The molecule has 4 aromatic rings. The largest absolute Gasteiger partial charge is 0.384 e. The van der Waals surface area contributed by atoms with Crippen molar-refractivity contribution in [1.29, 1.82) is 5.41 Å². The second kappa shape index (κ2) is 7.08. The molecule has 0 radical (unpaired) electrons. The SMILES string of the molecule is Cn1c(C(N)(c2ccc(C(=N)N)cc2)S(=O)(=O)c2ccccc2)nc2ccccc21. The Morgan fingerprint density at radius 2 is 1.57 bits per heavy atom. The summed E-state index contributed by atoms with van der Waals surface area (Å²) < 4.78 is 29.4. The molecule has 8 heteroatoms. The van der Waals surface area contributed by atoms with E-state index in [4.69, 9.17) is 16.9 Å². The van der Waals surface area contributed by atoms with Crippen LogP contribution in [0.15, 0.2) is 83.8 Å². The number of fused-ring (bicyclic) bond motifs is 1. The van der Waals surface area contributed by atoms with Crippen molar-refractivity contribution < 1.29 is 8.42 Å². The number of nitrogens with zero attached hydrogens (tertiary/aromatic N) is 2. The van der Waals surface area contributed by atoms with E-state index in [1.54, 1.807) is 54.1 Å². The highest BCUT2D eigenvalue weighted by Gasteiger charge is 2.48. The van der Waals surface area contributed by atoms with Gasteiger partial charge in [-0.1, -0.05) is 54.6 Å². The number of sulfone groups is 1. The highest BCUT2D eigenvalue weighted by Crippen LogP contribution is 2.37. The van der Waals surface area contributed by atoms with Gasteiger partial charge in [0, 0.05) is 12.6 Å². The molecule has 0 aliphatic rings. The van der Waals surface area contributed by atoms with Crippen molar-refractivity contribution in [2.75, 3.05) is 0 Å². The van der Waals surface area contributed by atoms with Crippen LogP contribution in [0.2, 0.25) is 0 Å². The first kappa shape index (κ1) is 19.8. The normalized spacial score (nSPS) is 13.8. The Morgan fingerprint density at radius 3 is 2.17 bits per heavy atom. The van der Waals surface area contributed by atoms with Gasteiger partial charge in [0.05, 0.1) is 15.9 Å². The first-order valence-corrected chi connectivity index (χ1v) is 10.7. The third-order valence-corrected chi connectivity index (χ3v) is 7.38. The van der Waals surface area contributed by atoms with Gasteiger partial charge in [0.15, 0.2) is 5.82 Å². The molecule has 1 heterocycles. The number of aryl methyl sites for hydroxylation is 1. The molecular formula is C22H21N5O2S. The van der Waals surface area contributed by atoms with Crippen molar-refractivity contribution in [1.82, 2.24) is 9.55 Å². The molecule has 0 aliphatic carbocycles. The van der Waals surface area contributed by atoms with E-state index < -0.39 is 14.7 Å². The zero-order chi connectivity index (χ0) is 21.5. The Morgan fingerprint density at radius 1 is 0.967 bits per heavy atom. The summed E-state index contributed by atoms with van der Waals surface area (Å²) in [7, 11) is -2.35. The predicted octanol–water partition coefficient (Wildman–Crippen LogP) is 2.49. The summed E-state index contributed by atoms with van der Waals surface area (Å²) in [6.45, 7) is 0. The second-order valence-electron chi connectivity index (χ2n) is 7.03. The minimum absolute atomic E-state index is 0.0928. The maximum atomic E-state index is 13.9. The van der Waals surface area contributed by atoms with Crippen LogP contribution in [0.3, 0.4) is 0 Å². The Hall–Kier alpha value is -3.49. The van der Waals surface area contributed by atoms with Crippen molar-refractivity contribution in [2.45, 2.75) is 9.77 Å². The molecule has 30 heavy (non-hydrogen) atoms. The van der Waals surface area contributed by atoms with E-state index in [0.717, 1.165) is 5.52 Å². The number of hydrogen-bond acceptors (Lipinski definition) is 5. The second-order valence-corrected chi connectivity index (χ2v) is 9.15. The fraction of sp³-hybridized carbons (Fsp3) is 0.0909. The van der Waals surface area contributed by atoms with E-state index in [2.05, 4.69) is 4.98 Å². The molecule has 0 amide bonds. The van der Waals surface area contributed by atoms with Crippen LogP contribution in [0.4, 0.5) is 0 Å². The summed E-state index contributed by atoms with van der Waals surface area (Å²) >= 11 is 0. The van der Waals surface area contributed by atoms with Crippen molar-refractivity contribution in [3.63, 3.8) is 0 Å². The fourth-order valence-corrected chi connectivity index (χ4v) is 5.32. The van der Waals surface area contributed by atoms with E-state index >= 15 is 0 Å². The predicted molar refractivity (Wildman–Crippen MR) is 117 cm³/mol. The monoisotopic (exact) mass is 419 g/mol. The van der Waals surface area contributed by atoms with Crippen LogP contribution in [-0.2, 0) is 21.8 Å².